The van der Waals surface area contributed by atoms with Gasteiger partial charge in [-0.2, -0.15) is 0 Å². The van der Waals surface area contributed by atoms with Gasteiger partial charge in [-0.25, -0.2) is 0 Å². The normalized spacial score (nSPS) is 20.1. The van der Waals surface area contributed by atoms with Crippen LogP contribution in [0.3, 0.4) is 0 Å². The van der Waals surface area contributed by atoms with Crippen molar-refractivity contribution < 1.29 is 28.5 Å². The van der Waals surface area contributed by atoms with Crippen LogP contribution in [0, 0.1) is 0 Å². The van der Waals surface area contributed by atoms with E-state index in [0.717, 1.165) is 16.9 Å². The van der Waals surface area contributed by atoms with Gasteiger partial charge < -0.3 is 24.3 Å². The van der Waals surface area contributed by atoms with Gasteiger partial charge in [0.2, 0.25) is 11.7 Å². The zero-order valence-electron chi connectivity index (χ0n) is 20.3. The van der Waals surface area contributed by atoms with Crippen molar-refractivity contribution in [2.24, 2.45) is 0 Å². The van der Waals surface area contributed by atoms with Gasteiger partial charge in [0.15, 0.2) is 17.3 Å². The first-order valence-electron chi connectivity index (χ1n) is 11.5. The lowest BCUT2D eigenvalue weighted by molar-refractivity contribution is -0.122. The third kappa shape index (κ3) is 4.60. The summed E-state index contributed by atoms with van der Waals surface area (Å²) in [7, 11) is 4.64. The second kappa shape index (κ2) is 9.79. The summed E-state index contributed by atoms with van der Waals surface area (Å²) in [6, 6.07) is 11.5. The number of rotatable bonds is 7. The Morgan fingerprint density at radius 3 is 2.06 bits per heavy atom. The van der Waals surface area contributed by atoms with E-state index in [0.29, 0.717) is 41.4 Å². The number of carbonyl (C=O) groups is 2. The molecule has 34 heavy (non-hydrogen) atoms. The maximum absolute atomic E-state index is 13.4. The van der Waals surface area contributed by atoms with Gasteiger partial charge in [0.25, 0.3) is 0 Å². The molecule has 0 spiro atoms. The van der Waals surface area contributed by atoms with Crippen LogP contribution in [0.5, 0.6) is 23.0 Å². The molecule has 0 fully saturated rings. The molecule has 1 amide bonds. The summed E-state index contributed by atoms with van der Waals surface area (Å²) >= 11 is 0. The van der Waals surface area contributed by atoms with Crippen molar-refractivity contribution in [3.8, 4) is 23.0 Å². The summed E-state index contributed by atoms with van der Waals surface area (Å²) in [6.45, 7) is 3.97. The molecule has 7 nitrogen and oxygen atoms in total. The number of ketones is 1. The highest BCUT2D eigenvalue weighted by molar-refractivity contribution is 6.02. The second-order valence-electron chi connectivity index (χ2n) is 8.92. The standard InChI is InChI=1S/C27H31NO6/c1-15(2)34-19-8-6-16(7-9-19)17-10-21-26(22(29)11-17)20(14-25(30)28-21)18-12-23(31-3)27(33-5)24(13-18)32-4/h6-9,12-13,15,17,20H,10-11,14H2,1-5H3,(H,28,30)/t17-,20+/m0/s1. The van der Waals surface area contributed by atoms with Crippen LogP contribution >= 0.6 is 0 Å². The zero-order chi connectivity index (χ0) is 24.4. The molecular weight excluding hydrogens is 434 g/mol. The molecule has 7 heteroatoms. The highest BCUT2D eigenvalue weighted by Crippen LogP contribution is 2.46. The first-order chi connectivity index (χ1) is 16.3. The van der Waals surface area contributed by atoms with Crippen molar-refractivity contribution in [3.63, 3.8) is 0 Å². The fourth-order valence-corrected chi connectivity index (χ4v) is 4.87. The zero-order valence-corrected chi connectivity index (χ0v) is 20.3. The summed E-state index contributed by atoms with van der Waals surface area (Å²) in [5.41, 5.74) is 3.22. The van der Waals surface area contributed by atoms with E-state index < -0.39 is 0 Å². The van der Waals surface area contributed by atoms with Crippen LogP contribution in [0.4, 0.5) is 0 Å². The summed E-state index contributed by atoms with van der Waals surface area (Å²) in [5.74, 6) is 1.84. The van der Waals surface area contributed by atoms with Gasteiger partial charge in [0.05, 0.1) is 27.4 Å². The largest absolute Gasteiger partial charge is 0.493 e. The van der Waals surface area contributed by atoms with Gasteiger partial charge in [-0.3, -0.25) is 9.59 Å². The number of methoxy groups -OCH3 is 3. The van der Waals surface area contributed by atoms with E-state index in [1.54, 1.807) is 21.3 Å². The van der Waals surface area contributed by atoms with E-state index in [1.165, 1.54) is 0 Å². The Kier molecular flexibility index (Phi) is 6.82. The molecule has 2 aliphatic rings. The molecule has 1 heterocycles. The summed E-state index contributed by atoms with van der Waals surface area (Å²) < 4.78 is 22.1. The van der Waals surface area contributed by atoms with Crippen LogP contribution < -0.4 is 24.3 Å². The van der Waals surface area contributed by atoms with Gasteiger partial charge in [-0.05, 0) is 61.6 Å². The highest BCUT2D eigenvalue weighted by Gasteiger charge is 2.38. The fraction of sp³-hybridized carbons (Fsp3) is 0.407. The molecule has 180 valence electrons. The van der Waals surface area contributed by atoms with Crippen LogP contribution in [0.15, 0.2) is 47.7 Å². The molecular formula is C27H31NO6. The third-order valence-corrected chi connectivity index (χ3v) is 6.35. The number of hydrogen-bond donors (Lipinski definition) is 1. The second-order valence-corrected chi connectivity index (χ2v) is 8.92. The van der Waals surface area contributed by atoms with Crippen molar-refractivity contribution in [1.82, 2.24) is 5.32 Å². The SMILES string of the molecule is COc1cc([C@H]2CC(=O)NC3=C2C(=O)C[C@@H](c2ccc(OC(C)C)cc2)C3)cc(OC)c1OC. The quantitative estimate of drug-likeness (QED) is 0.648. The Morgan fingerprint density at radius 1 is 0.853 bits per heavy atom. The lowest BCUT2D eigenvalue weighted by Crippen LogP contribution is -2.38. The van der Waals surface area contributed by atoms with Crippen molar-refractivity contribution >= 4 is 11.7 Å². The Hall–Kier alpha value is -3.48. The van der Waals surface area contributed by atoms with E-state index in [1.807, 2.05) is 50.2 Å². The number of hydrogen-bond acceptors (Lipinski definition) is 6. The van der Waals surface area contributed by atoms with Crippen molar-refractivity contribution in [2.45, 2.75) is 51.0 Å². The monoisotopic (exact) mass is 465 g/mol. The summed E-state index contributed by atoms with van der Waals surface area (Å²) in [6.07, 6.45) is 1.27. The predicted octanol–water partition coefficient (Wildman–Crippen LogP) is 4.50. The molecule has 0 bridgehead atoms. The summed E-state index contributed by atoms with van der Waals surface area (Å²) in [4.78, 5) is 26.1. The van der Waals surface area contributed by atoms with Crippen molar-refractivity contribution in [2.75, 3.05) is 21.3 Å². The van der Waals surface area contributed by atoms with Crippen molar-refractivity contribution in [3.05, 3.63) is 58.8 Å². The lowest BCUT2D eigenvalue weighted by Gasteiger charge is -2.34. The molecule has 4 rings (SSSR count). The lowest BCUT2D eigenvalue weighted by atomic mass is 9.73. The van der Waals surface area contributed by atoms with Crippen LogP contribution in [0.1, 0.15) is 56.1 Å². The minimum absolute atomic E-state index is 0.00154. The first kappa shape index (κ1) is 23.7. The smallest absolute Gasteiger partial charge is 0.225 e. The molecule has 2 atom stereocenters. The fourth-order valence-electron chi connectivity index (χ4n) is 4.87. The Labute approximate surface area is 200 Å². The first-order valence-corrected chi connectivity index (χ1v) is 11.5. The maximum atomic E-state index is 13.4. The molecule has 2 aromatic carbocycles. The van der Waals surface area contributed by atoms with Crippen LogP contribution in [-0.4, -0.2) is 39.1 Å². The minimum Gasteiger partial charge on any atom is -0.493 e. The minimum atomic E-state index is -0.368. The van der Waals surface area contributed by atoms with Gasteiger partial charge in [0.1, 0.15) is 5.75 Å². The average molecular weight is 466 g/mol. The average Bonchev–Trinajstić information content (AvgIpc) is 2.82. The topological polar surface area (TPSA) is 83.1 Å². The van der Waals surface area contributed by atoms with Crippen LogP contribution in [0.25, 0.3) is 0 Å². The summed E-state index contributed by atoms with van der Waals surface area (Å²) in [5, 5.41) is 2.97. The molecule has 1 aliphatic carbocycles. The molecule has 0 unspecified atom stereocenters. The number of amides is 1. The molecule has 1 aliphatic heterocycles. The Bertz CT molecular complexity index is 1090. The van der Waals surface area contributed by atoms with E-state index in [9.17, 15) is 9.59 Å². The number of nitrogens with one attached hydrogen (secondary N) is 1. The Morgan fingerprint density at radius 2 is 1.50 bits per heavy atom. The van der Waals surface area contributed by atoms with Gasteiger partial charge in [-0.1, -0.05) is 12.1 Å². The van der Waals surface area contributed by atoms with Crippen molar-refractivity contribution in [1.29, 1.82) is 0 Å². The van der Waals surface area contributed by atoms with Gasteiger partial charge in [-0.15, -0.1) is 0 Å². The van der Waals surface area contributed by atoms with Crippen LogP contribution in [0.2, 0.25) is 0 Å². The molecule has 0 saturated carbocycles. The van der Waals surface area contributed by atoms with E-state index in [4.69, 9.17) is 18.9 Å². The highest BCUT2D eigenvalue weighted by atomic mass is 16.5. The molecule has 0 saturated heterocycles. The number of allylic oxidation sites excluding steroid dienone is 2. The number of benzene rings is 2. The number of Topliss-reactive ketones (excluding diaryl/α,β-unsaturated/α-hetero) is 1. The van der Waals surface area contributed by atoms with E-state index in [2.05, 4.69) is 5.32 Å². The molecule has 0 aromatic heterocycles. The maximum Gasteiger partial charge on any atom is 0.225 e. The number of carbonyl (C=O) groups excluding carboxylic acids is 2. The molecule has 1 N–H and O–H groups in total. The van der Waals surface area contributed by atoms with Crippen LogP contribution in [-0.2, 0) is 9.59 Å². The van der Waals surface area contributed by atoms with Gasteiger partial charge in [0, 0.05) is 30.0 Å². The van der Waals surface area contributed by atoms with E-state index in [-0.39, 0.29) is 36.1 Å². The molecule has 2 aromatic rings. The Balaban J connectivity index is 1.68. The predicted molar refractivity (Wildman–Crippen MR) is 128 cm³/mol. The molecule has 0 radical (unpaired) electrons. The van der Waals surface area contributed by atoms with Gasteiger partial charge >= 0.3 is 0 Å². The van der Waals surface area contributed by atoms with E-state index >= 15 is 0 Å². The third-order valence-electron chi connectivity index (χ3n) is 6.35. The number of ether oxygens (including phenoxy) is 4.